The predicted octanol–water partition coefficient (Wildman–Crippen LogP) is 3.74. The Kier molecular flexibility index (Phi) is 6.50. The van der Waals surface area contributed by atoms with Gasteiger partial charge in [0.15, 0.2) is 5.84 Å². The van der Waals surface area contributed by atoms with Crippen LogP contribution in [-0.2, 0) is 21.1 Å². The highest BCUT2D eigenvalue weighted by Gasteiger charge is 2.34. The van der Waals surface area contributed by atoms with Crippen LogP contribution in [0, 0.1) is 11.6 Å². The first-order valence-corrected chi connectivity index (χ1v) is 14.9. The summed E-state index contributed by atoms with van der Waals surface area (Å²) in [6, 6.07) is 10.9. The average molecular weight is 595 g/mol. The number of nitrogens with zero attached hydrogens (tertiary/aromatic N) is 2. The Morgan fingerprint density at radius 2 is 1.87 bits per heavy atom. The fourth-order valence-electron chi connectivity index (χ4n) is 4.21. The van der Waals surface area contributed by atoms with Gasteiger partial charge in [0.05, 0.1) is 34.3 Å². The highest BCUT2D eigenvalue weighted by atomic mass is 35.5. The van der Waals surface area contributed by atoms with E-state index in [-0.39, 0.29) is 39.1 Å². The number of rotatable bonds is 5. The van der Waals surface area contributed by atoms with Crippen LogP contribution in [0.3, 0.4) is 0 Å². The summed E-state index contributed by atoms with van der Waals surface area (Å²) in [6.45, 7) is -0.171. The number of nitrogens with one attached hydrogen (secondary N) is 2. The number of benzene rings is 3. The molecule has 4 N–H and O–H groups in total. The van der Waals surface area contributed by atoms with E-state index >= 15 is 0 Å². The van der Waals surface area contributed by atoms with Crippen molar-refractivity contribution in [2.75, 3.05) is 16.3 Å². The van der Waals surface area contributed by atoms with Gasteiger partial charge in [-0.2, -0.15) is 4.76 Å². The first kappa shape index (κ1) is 26.8. The van der Waals surface area contributed by atoms with E-state index in [2.05, 4.69) is 14.8 Å². The molecule has 1 aliphatic heterocycles. The Bertz CT molecular complexity index is 1950. The van der Waals surface area contributed by atoms with E-state index in [0.717, 1.165) is 35.1 Å². The van der Waals surface area contributed by atoms with E-state index in [1.165, 1.54) is 30.3 Å². The van der Waals surface area contributed by atoms with Crippen molar-refractivity contribution in [3.8, 4) is 5.75 Å². The van der Waals surface area contributed by atoms with Gasteiger partial charge < -0.3 is 19.9 Å². The maximum absolute atomic E-state index is 14.2. The Balaban J connectivity index is 1.69. The maximum Gasteiger partial charge on any atom is 0.346 e. The van der Waals surface area contributed by atoms with Gasteiger partial charge in [0.2, 0.25) is 10.0 Å². The molecule has 15 heteroatoms. The zero-order chi connectivity index (χ0) is 28.3. The minimum atomic E-state index is -4.60. The van der Waals surface area contributed by atoms with Crippen molar-refractivity contribution in [3.05, 3.63) is 92.7 Å². The molecule has 202 valence electrons. The second kappa shape index (κ2) is 9.45. The van der Waals surface area contributed by atoms with Gasteiger partial charge >= 0.3 is 7.52 Å². The number of aromatic hydroxyl groups is 1. The smallest absolute Gasteiger partial charge is 0.346 e. The normalized spacial score (nSPS) is 16.9. The molecule has 1 atom stereocenters. The quantitative estimate of drug-likeness (QED) is 0.257. The number of hydrogen-bond acceptors (Lipinski definition) is 6. The highest BCUT2D eigenvalue weighted by Crippen LogP contribution is 2.47. The summed E-state index contributed by atoms with van der Waals surface area (Å²) < 4.78 is 71.4. The first-order valence-electron chi connectivity index (χ1n) is 11.1. The minimum Gasteiger partial charge on any atom is -0.506 e. The number of aromatic nitrogens is 1. The number of pyridine rings is 1. The summed E-state index contributed by atoms with van der Waals surface area (Å²) in [5, 5.41) is 13.3. The Hall–Kier alpha value is -3.77. The SMILES string of the molecule is CS(=O)(=O)Nc1ccc2c(c1)P(=O)(O)N=C(c1c(O)c3cc(F)ccc3n(Cc3ccc(F)c(Cl)c3)c1=O)N2. The van der Waals surface area contributed by atoms with Crippen molar-refractivity contribution >= 4 is 62.6 Å². The second-order valence-electron chi connectivity index (χ2n) is 8.75. The fourth-order valence-corrected chi connectivity index (χ4v) is 6.25. The van der Waals surface area contributed by atoms with Crippen molar-refractivity contribution in [1.29, 1.82) is 0 Å². The molecule has 39 heavy (non-hydrogen) atoms. The van der Waals surface area contributed by atoms with Crippen molar-refractivity contribution < 1.29 is 31.8 Å². The molecular weight excluding hydrogens is 577 g/mol. The largest absolute Gasteiger partial charge is 0.506 e. The summed E-state index contributed by atoms with van der Waals surface area (Å²) in [7, 11) is -8.28. The second-order valence-corrected chi connectivity index (χ2v) is 12.7. The van der Waals surface area contributed by atoms with Gasteiger partial charge in [0.1, 0.15) is 22.9 Å². The Labute approximate surface area is 224 Å². The molecule has 0 bridgehead atoms. The van der Waals surface area contributed by atoms with E-state index in [1.807, 2.05) is 0 Å². The lowest BCUT2D eigenvalue weighted by molar-refractivity contribution is 0.477. The average Bonchev–Trinajstić information content (AvgIpc) is 2.83. The molecule has 0 aliphatic carbocycles. The van der Waals surface area contributed by atoms with Gasteiger partial charge in [0.25, 0.3) is 5.56 Å². The van der Waals surface area contributed by atoms with Crippen LogP contribution in [-0.4, -0.2) is 35.1 Å². The van der Waals surface area contributed by atoms with E-state index in [0.29, 0.717) is 5.56 Å². The van der Waals surface area contributed by atoms with Crippen molar-refractivity contribution in [1.82, 2.24) is 4.57 Å². The topological polar surface area (TPSA) is 150 Å². The molecule has 0 fully saturated rings. The third-order valence-electron chi connectivity index (χ3n) is 5.87. The van der Waals surface area contributed by atoms with E-state index in [4.69, 9.17) is 11.6 Å². The lowest BCUT2D eigenvalue weighted by atomic mass is 10.1. The molecular formula is C24H18ClF2N4O6PS. The summed E-state index contributed by atoms with van der Waals surface area (Å²) in [5.74, 6) is -2.54. The minimum absolute atomic E-state index is 0.00955. The third kappa shape index (κ3) is 5.13. The van der Waals surface area contributed by atoms with Gasteiger partial charge in [-0.15, -0.1) is 0 Å². The molecule has 1 unspecified atom stereocenters. The van der Waals surface area contributed by atoms with Gasteiger partial charge in [-0.05, 0) is 54.1 Å². The number of hydrogen-bond donors (Lipinski definition) is 4. The molecule has 0 saturated carbocycles. The van der Waals surface area contributed by atoms with Crippen LogP contribution in [0.5, 0.6) is 5.75 Å². The molecule has 1 aromatic heterocycles. The van der Waals surface area contributed by atoms with E-state index in [9.17, 15) is 36.6 Å². The molecule has 3 aromatic carbocycles. The lowest BCUT2D eigenvalue weighted by Crippen LogP contribution is -2.33. The lowest BCUT2D eigenvalue weighted by Gasteiger charge is -2.24. The van der Waals surface area contributed by atoms with Gasteiger partial charge in [-0.25, -0.2) is 17.2 Å². The molecule has 5 rings (SSSR count). The Morgan fingerprint density at radius 1 is 1.13 bits per heavy atom. The van der Waals surface area contributed by atoms with E-state index in [1.54, 1.807) is 0 Å². The number of fused-ring (bicyclic) bond motifs is 2. The monoisotopic (exact) mass is 594 g/mol. The van der Waals surface area contributed by atoms with E-state index < -0.39 is 51.9 Å². The molecule has 0 spiro atoms. The van der Waals surface area contributed by atoms with Crippen molar-refractivity contribution in [2.24, 2.45) is 4.76 Å². The predicted molar refractivity (Wildman–Crippen MR) is 145 cm³/mol. The van der Waals surface area contributed by atoms with Crippen LogP contribution >= 0.6 is 19.1 Å². The zero-order valence-electron chi connectivity index (χ0n) is 19.8. The van der Waals surface area contributed by atoms with Crippen LogP contribution in [0.25, 0.3) is 10.9 Å². The summed E-state index contributed by atoms with van der Waals surface area (Å²) in [5.41, 5.74) is -0.788. The molecule has 1 aliphatic rings. The van der Waals surface area contributed by atoms with Gasteiger partial charge in [-0.1, -0.05) is 17.7 Å². The highest BCUT2D eigenvalue weighted by molar-refractivity contribution is 7.92. The van der Waals surface area contributed by atoms with Crippen LogP contribution in [0.4, 0.5) is 20.2 Å². The standard InChI is InChI=1S/C24H18ClF2N4O6PS/c1-39(36,37)30-14-4-6-18-20(10-14)38(34,35)29-23(28-18)21-22(32)15-9-13(26)3-7-19(15)31(24(21)33)11-12-2-5-17(27)16(25)8-12/h2-10,30,32H,11H2,1H3,(H2,28,29,34,35). The van der Waals surface area contributed by atoms with Crippen molar-refractivity contribution in [3.63, 3.8) is 0 Å². The molecule has 2 heterocycles. The fraction of sp³-hybridized carbons (Fsp3) is 0.0833. The number of anilines is 2. The Morgan fingerprint density at radius 3 is 2.56 bits per heavy atom. The zero-order valence-corrected chi connectivity index (χ0v) is 22.3. The van der Waals surface area contributed by atoms with Crippen LogP contribution in [0.2, 0.25) is 5.02 Å². The maximum atomic E-state index is 14.2. The van der Waals surface area contributed by atoms with Crippen LogP contribution in [0.15, 0.2) is 64.2 Å². The number of amidine groups is 1. The number of halogens is 3. The molecule has 0 radical (unpaired) electrons. The summed E-state index contributed by atoms with van der Waals surface area (Å²) in [4.78, 5) is 24.4. The summed E-state index contributed by atoms with van der Waals surface area (Å²) >= 11 is 5.89. The molecule has 0 saturated heterocycles. The molecule has 0 amide bonds. The van der Waals surface area contributed by atoms with Crippen LogP contribution < -0.4 is 20.9 Å². The first-order chi connectivity index (χ1) is 18.2. The van der Waals surface area contributed by atoms with Crippen molar-refractivity contribution in [2.45, 2.75) is 6.54 Å². The third-order valence-corrected chi connectivity index (χ3v) is 8.23. The van der Waals surface area contributed by atoms with Gasteiger partial charge in [0, 0.05) is 11.1 Å². The van der Waals surface area contributed by atoms with Crippen LogP contribution in [0.1, 0.15) is 11.1 Å². The molecule has 4 aromatic rings. The summed E-state index contributed by atoms with van der Waals surface area (Å²) in [6.07, 6.45) is 0.912. The van der Waals surface area contributed by atoms with Gasteiger partial charge in [-0.3, -0.25) is 14.1 Å². The molecule has 10 nitrogen and oxygen atoms in total. The number of sulfonamides is 1.